The Balaban J connectivity index is 1.64. The predicted molar refractivity (Wildman–Crippen MR) is 134 cm³/mol. The number of non-ortho nitro benzene ring substituents is 1. The van der Waals surface area contributed by atoms with Crippen LogP contribution in [0.25, 0.3) is 10.9 Å². The van der Waals surface area contributed by atoms with Crippen molar-refractivity contribution < 1.29 is 19.4 Å². The van der Waals surface area contributed by atoms with Gasteiger partial charge in [-0.15, -0.1) is 0 Å². The van der Waals surface area contributed by atoms with Crippen LogP contribution in [0.2, 0.25) is 5.15 Å². The molecule has 1 aromatic heterocycles. The van der Waals surface area contributed by atoms with Crippen molar-refractivity contribution in [3.8, 4) is 11.5 Å². The minimum absolute atomic E-state index is 0.0492. The number of hydrazone groups is 1. The number of amides is 1. The number of benzene rings is 3. The number of nitrogens with zero attached hydrogens (tertiary/aromatic N) is 4. The lowest BCUT2D eigenvalue weighted by atomic mass is 10.1. The minimum Gasteiger partial charge on any atom is -0.455 e. The van der Waals surface area contributed by atoms with Crippen LogP contribution in [0.15, 0.2) is 71.8 Å². The molecule has 3 aromatic carbocycles. The van der Waals surface area contributed by atoms with Gasteiger partial charge in [-0.1, -0.05) is 29.8 Å². The quantitative estimate of drug-likeness (QED) is 0.0986. The van der Waals surface area contributed by atoms with Gasteiger partial charge in [0.05, 0.1) is 33.3 Å². The van der Waals surface area contributed by atoms with Crippen LogP contribution in [0.1, 0.15) is 5.56 Å². The monoisotopic (exact) mass is 506 g/mol. The molecule has 0 spiro atoms. The molecule has 1 amide bonds. The number of fused-ring (bicyclic) bond motifs is 1. The van der Waals surface area contributed by atoms with Crippen LogP contribution in [-0.4, -0.2) is 27.5 Å². The van der Waals surface area contributed by atoms with E-state index in [2.05, 4.69) is 20.8 Å². The number of rotatable bonds is 9. The maximum Gasteiger partial charge on any atom is 0.301 e. The first-order valence-corrected chi connectivity index (χ1v) is 10.5. The maximum absolute atomic E-state index is 11.3. The molecule has 0 bridgehead atoms. The molecule has 1 heterocycles. The third kappa shape index (κ3) is 5.34. The van der Waals surface area contributed by atoms with Gasteiger partial charge >= 0.3 is 5.69 Å². The molecule has 0 radical (unpaired) electrons. The van der Waals surface area contributed by atoms with Crippen LogP contribution in [-0.2, 0) is 4.79 Å². The Kier molecular flexibility index (Phi) is 6.97. The Labute approximate surface area is 207 Å². The van der Waals surface area contributed by atoms with E-state index in [1.54, 1.807) is 30.3 Å². The van der Waals surface area contributed by atoms with E-state index < -0.39 is 21.2 Å². The fraction of sp³-hybridized carbons (Fsp3) is 0. The van der Waals surface area contributed by atoms with E-state index >= 15 is 0 Å². The lowest BCUT2D eigenvalue weighted by Gasteiger charge is -2.12. The van der Waals surface area contributed by atoms with Gasteiger partial charge in [-0.25, -0.2) is 4.98 Å². The lowest BCUT2D eigenvalue weighted by molar-refractivity contribution is -0.393. The molecule has 4 rings (SSSR count). The summed E-state index contributed by atoms with van der Waals surface area (Å²) in [6, 6.07) is 17.0. The van der Waals surface area contributed by atoms with Crippen LogP contribution in [0.5, 0.6) is 11.5 Å². The van der Waals surface area contributed by atoms with E-state index in [1.165, 1.54) is 12.3 Å². The number of anilines is 2. The summed E-state index contributed by atoms with van der Waals surface area (Å²) < 4.78 is 5.87. The molecule has 0 unspecified atom stereocenters. The topological polar surface area (TPSA) is 162 Å². The first-order valence-electron chi connectivity index (χ1n) is 10.1. The molecule has 0 fully saturated rings. The average molecular weight is 507 g/mol. The van der Waals surface area contributed by atoms with Crippen LogP contribution in [0.3, 0.4) is 0 Å². The van der Waals surface area contributed by atoms with Gasteiger partial charge in [0.1, 0.15) is 16.6 Å². The highest BCUT2D eigenvalue weighted by Gasteiger charge is 2.19. The summed E-state index contributed by atoms with van der Waals surface area (Å²) in [7, 11) is 0. The molecule has 0 atom stereocenters. The van der Waals surface area contributed by atoms with Crippen molar-refractivity contribution in [1.29, 1.82) is 0 Å². The first-order chi connectivity index (χ1) is 17.4. The van der Waals surface area contributed by atoms with Crippen LogP contribution in [0.4, 0.5) is 22.7 Å². The molecular weight excluding hydrogens is 492 g/mol. The number of nitrogens with one attached hydrogen (secondary N) is 2. The summed E-state index contributed by atoms with van der Waals surface area (Å²) >= 11 is 6.31. The van der Waals surface area contributed by atoms with Crippen molar-refractivity contribution in [1.82, 2.24) is 4.98 Å². The van der Waals surface area contributed by atoms with Gasteiger partial charge in [0.25, 0.3) is 5.69 Å². The van der Waals surface area contributed by atoms with E-state index in [9.17, 15) is 25.0 Å². The smallest absolute Gasteiger partial charge is 0.301 e. The lowest BCUT2D eigenvalue weighted by Crippen LogP contribution is -2.00. The summed E-state index contributed by atoms with van der Waals surface area (Å²) in [6.45, 7) is 0. The molecule has 0 saturated carbocycles. The van der Waals surface area contributed by atoms with Crippen molar-refractivity contribution in [3.63, 3.8) is 0 Å². The van der Waals surface area contributed by atoms with Crippen LogP contribution < -0.4 is 15.5 Å². The predicted octanol–water partition coefficient (Wildman–Crippen LogP) is 5.51. The Morgan fingerprint density at radius 3 is 2.44 bits per heavy atom. The normalized spacial score (nSPS) is 10.8. The van der Waals surface area contributed by atoms with Crippen molar-refractivity contribution in [2.24, 2.45) is 5.10 Å². The molecule has 36 heavy (non-hydrogen) atoms. The molecule has 0 aliphatic rings. The van der Waals surface area contributed by atoms with Gasteiger partial charge in [-0.3, -0.25) is 30.4 Å². The zero-order valence-electron chi connectivity index (χ0n) is 18.1. The molecule has 13 heteroatoms. The summed E-state index contributed by atoms with van der Waals surface area (Å²) in [5, 5.41) is 29.4. The third-order valence-electron chi connectivity index (χ3n) is 4.86. The second-order valence-electron chi connectivity index (χ2n) is 7.17. The second kappa shape index (κ2) is 10.4. The third-order valence-corrected chi connectivity index (χ3v) is 5.16. The molecule has 12 nitrogen and oxygen atoms in total. The number of para-hydroxylation sites is 1. The highest BCUT2D eigenvalue weighted by Crippen LogP contribution is 2.34. The van der Waals surface area contributed by atoms with Gasteiger partial charge in [-0.2, -0.15) is 5.10 Å². The zero-order chi connectivity index (χ0) is 25.7. The number of hydrogen-bond acceptors (Lipinski definition) is 9. The molecule has 0 aliphatic heterocycles. The standard InChI is InChI=1S/C23H15ClN6O6/c24-23-15(12-26-28-18-7-6-16(29(32)33)10-21(18)30(34)35)8-14-9-20(25-13-31)22(11-19(14)27-23)36-17-4-2-1-3-5-17/h1-13,28H,(H,25,31)/b26-12+. The first kappa shape index (κ1) is 24.0. The zero-order valence-corrected chi connectivity index (χ0v) is 18.9. The van der Waals surface area contributed by atoms with Gasteiger partial charge in [-0.05, 0) is 30.3 Å². The Bertz CT molecular complexity index is 1510. The maximum atomic E-state index is 11.3. The molecule has 4 aromatic rings. The highest BCUT2D eigenvalue weighted by atomic mass is 35.5. The SMILES string of the molecule is O=CNc1cc2cc(/C=N/Nc3ccc([N+](=O)[O-])cc3[N+](=O)[O-])c(Cl)nc2cc1Oc1ccccc1. The number of carbonyl (C=O) groups excluding carboxylic acids is 1. The van der Waals surface area contributed by atoms with Crippen molar-refractivity contribution in [2.45, 2.75) is 0 Å². The fourth-order valence-electron chi connectivity index (χ4n) is 3.21. The number of hydrogen-bond donors (Lipinski definition) is 2. The van der Waals surface area contributed by atoms with E-state index in [-0.39, 0.29) is 10.8 Å². The summed E-state index contributed by atoms with van der Waals surface area (Å²) in [6.07, 6.45) is 1.81. The van der Waals surface area contributed by atoms with Crippen molar-refractivity contribution in [2.75, 3.05) is 10.7 Å². The van der Waals surface area contributed by atoms with Crippen LogP contribution in [0, 0.1) is 20.2 Å². The Morgan fingerprint density at radius 2 is 1.75 bits per heavy atom. The Hall–Kier alpha value is -5.10. The van der Waals surface area contributed by atoms with Crippen molar-refractivity contribution >= 4 is 57.9 Å². The van der Waals surface area contributed by atoms with E-state index in [1.807, 2.05) is 18.2 Å². The van der Waals surface area contributed by atoms with Crippen LogP contribution >= 0.6 is 11.6 Å². The number of nitro groups is 2. The second-order valence-corrected chi connectivity index (χ2v) is 7.53. The number of ether oxygens (including phenoxy) is 1. The number of halogens is 1. The number of nitro benzene ring substituents is 2. The largest absolute Gasteiger partial charge is 0.455 e. The summed E-state index contributed by atoms with van der Waals surface area (Å²) in [5.41, 5.74) is 2.76. The van der Waals surface area contributed by atoms with E-state index in [4.69, 9.17) is 16.3 Å². The average Bonchev–Trinajstić information content (AvgIpc) is 2.85. The molecule has 0 saturated heterocycles. The summed E-state index contributed by atoms with van der Waals surface area (Å²) in [4.78, 5) is 36.2. The van der Waals surface area contributed by atoms with Gasteiger partial charge in [0.15, 0.2) is 5.75 Å². The molecule has 2 N–H and O–H groups in total. The van der Waals surface area contributed by atoms with E-state index in [0.29, 0.717) is 40.1 Å². The number of aromatic nitrogens is 1. The van der Waals surface area contributed by atoms with Gasteiger partial charge in [0, 0.05) is 23.1 Å². The van der Waals surface area contributed by atoms with Gasteiger partial charge < -0.3 is 10.1 Å². The molecular formula is C23H15ClN6O6. The van der Waals surface area contributed by atoms with Crippen molar-refractivity contribution in [3.05, 3.63) is 97.7 Å². The number of carbonyl (C=O) groups is 1. The fourth-order valence-corrected chi connectivity index (χ4v) is 3.41. The highest BCUT2D eigenvalue weighted by molar-refractivity contribution is 6.32. The number of pyridine rings is 1. The minimum atomic E-state index is -0.758. The van der Waals surface area contributed by atoms with E-state index in [0.717, 1.165) is 12.1 Å². The molecule has 0 aliphatic carbocycles. The summed E-state index contributed by atoms with van der Waals surface area (Å²) in [5.74, 6) is 0.921. The molecule has 180 valence electrons. The van der Waals surface area contributed by atoms with Gasteiger partial charge in [0.2, 0.25) is 6.41 Å². The Morgan fingerprint density at radius 1 is 0.972 bits per heavy atom.